The van der Waals surface area contributed by atoms with Gasteiger partial charge in [0.05, 0.1) is 0 Å². The highest BCUT2D eigenvalue weighted by Crippen LogP contribution is 2.26. The number of rotatable bonds is 2. The lowest BCUT2D eigenvalue weighted by molar-refractivity contribution is 0.101. The molecule has 0 amide bonds. The van der Waals surface area contributed by atoms with E-state index in [1.807, 2.05) is 18.2 Å². The van der Waals surface area contributed by atoms with Crippen LogP contribution in [0.2, 0.25) is 5.02 Å². The molecule has 16 heavy (non-hydrogen) atoms. The molecule has 0 aliphatic carbocycles. The standard InChI is InChI=1S/C13H10ClNO/c1-9(16)13-7-11(14)4-5-12(13)10-3-2-6-15-8-10/h2-8H,1H3. The fraction of sp³-hybridized carbons (Fsp3) is 0.0769. The van der Waals surface area contributed by atoms with Crippen molar-refractivity contribution >= 4 is 17.4 Å². The van der Waals surface area contributed by atoms with Crippen molar-refractivity contribution in [2.75, 3.05) is 0 Å². The van der Waals surface area contributed by atoms with E-state index >= 15 is 0 Å². The first kappa shape index (κ1) is 10.8. The minimum atomic E-state index is 0.00125. The van der Waals surface area contributed by atoms with Crippen molar-refractivity contribution in [3.8, 4) is 11.1 Å². The van der Waals surface area contributed by atoms with E-state index in [-0.39, 0.29) is 5.78 Å². The van der Waals surface area contributed by atoms with Crippen LogP contribution in [-0.2, 0) is 0 Å². The van der Waals surface area contributed by atoms with Crippen LogP contribution in [0.4, 0.5) is 0 Å². The van der Waals surface area contributed by atoms with Gasteiger partial charge in [-0.25, -0.2) is 0 Å². The Labute approximate surface area is 98.9 Å². The summed E-state index contributed by atoms with van der Waals surface area (Å²) in [7, 11) is 0. The van der Waals surface area contributed by atoms with Crippen LogP contribution in [0, 0.1) is 0 Å². The van der Waals surface area contributed by atoms with Crippen molar-refractivity contribution in [1.82, 2.24) is 4.98 Å². The zero-order valence-electron chi connectivity index (χ0n) is 8.77. The molecule has 1 aromatic heterocycles. The van der Waals surface area contributed by atoms with Crippen LogP contribution < -0.4 is 0 Å². The van der Waals surface area contributed by atoms with Gasteiger partial charge in [-0.3, -0.25) is 9.78 Å². The van der Waals surface area contributed by atoms with Gasteiger partial charge >= 0.3 is 0 Å². The van der Waals surface area contributed by atoms with Gasteiger partial charge in [-0.2, -0.15) is 0 Å². The summed E-state index contributed by atoms with van der Waals surface area (Å²) in [5.74, 6) is 0.00125. The van der Waals surface area contributed by atoms with E-state index in [9.17, 15) is 4.79 Å². The lowest BCUT2D eigenvalue weighted by atomic mass is 9.99. The van der Waals surface area contributed by atoms with Gasteiger partial charge in [-0.15, -0.1) is 0 Å². The lowest BCUT2D eigenvalue weighted by Crippen LogP contribution is -1.96. The first-order chi connectivity index (χ1) is 7.68. The van der Waals surface area contributed by atoms with E-state index in [4.69, 9.17) is 11.6 Å². The summed E-state index contributed by atoms with van der Waals surface area (Å²) in [6.45, 7) is 1.53. The maximum absolute atomic E-state index is 11.5. The van der Waals surface area contributed by atoms with Gasteiger partial charge in [-0.1, -0.05) is 23.7 Å². The number of carbonyl (C=O) groups excluding carboxylic acids is 1. The Morgan fingerprint density at radius 3 is 2.75 bits per heavy atom. The number of carbonyl (C=O) groups is 1. The third kappa shape index (κ3) is 2.12. The van der Waals surface area contributed by atoms with Gasteiger partial charge in [-0.05, 0) is 30.7 Å². The summed E-state index contributed by atoms with van der Waals surface area (Å²) in [5.41, 5.74) is 2.41. The van der Waals surface area contributed by atoms with Crippen LogP contribution in [0.1, 0.15) is 17.3 Å². The summed E-state index contributed by atoms with van der Waals surface area (Å²) in [4.78, 5) is 15.6. The molecule has 0 bridgehead atoms. The van der Waals surface area contributed by atoms with Crippen molar-refractivity contribution in [2.45, 2.75) is 6.92 Å². The van der Waals surface area contributed by atoms with E-state index in [0.29, 0.717) is 10.6 Å². The van der Waals surface area contributed by atoms with Gasteiger partial charge in [0.25, 0.3) is 0 Å². The van der Waals surface area contributed by atoms with E-state index in [1.54, 1.807) is 24.5 Å². The first-order valence-electron chi connectivity index (χ1n) is 4.89. The van der Waals surface area contributed by atoms with Gasteiger partial charge < -0.3 is 0 Å². The minimum Gasteiger partial charge on any atom is -0.294 e. The van der Waals surface area contributed by atoms with Gasteiger partial charge in [0.2, 0.25) is 0 Å². The van der Waals surface area contributed by atoms with E-state index in [0.717, 1.165) is 11.1 Å². The van der Waals surface area contributed by atoms with Gasteiger partial charge in [0, 0.05) is 28.5 Å². The molecule has 1 heterocycles. The third-order valence-electron chi connectivity index (χ3n) is 2.33. The molecule has 0 saturated carbocycles. The fourth-order valence-electron chi connectivity index (χ4n) is 1.58. The Hall–Kier alpha value is -1.67. The highest BCUT2D eigenvalue weighted by atomic mass is 35.5. The summed E-state index contributed by atoms with van der Waals surface area (Å²) >= 11 is 5.88. The fourth-order valence-corrected chi connectivity index (χ4v) is 1.75. The molecular formula is C13H10ClNO. The Kier molecular flexibility index (Phi) is 3.02. The second-order valence-electron chi connectivity index (χ2n) is 3.49. The van der Waals surface area contributed by atoms with Crippen molar-refractivity contribution < 1.29 is 4.79 Å². The molecule has 0 fully saturated rings. The summed E-state index contributed by atoms with van der Waals surface area (Å²) in [6.07, 6.45) is 3.43. The van der Waals surface area contributed by atoms with E-state index in [2.05, 4.69) is 4.98 Å². The molecule has 0 N–H and O–H groups in total. The highest BCUT2D eigenvalue weighted by Gasteiger charge is 2.09. The van der Waals surface area contributed by atoms with Crippen LogP contribution >= 0.6 is 11.6 Å². The quantitative estimate of drug-likeness (QED) is 0.739. The third-order valence-corrected chi connectivity index (χ3v) is 2.57. The van der Waals surface area contributed by atoms with Crippen LogP contribution in [0.5, 0.6) is 0 Å². The van der Waals surface area contributed by atoms with E-state index < -0.39 is 0 Å². The monoisotopic (exact) mass is 231 g/mol. The first-order valence-corrected chi connectivity index (χ1v) is 5.27. The average Bonchev–Trinajstić information content (AvgIpc) is 2.30. The number of hydrogen-bond acceptors (Lipinski definition) is 2. The lowest BCUT2D eigenvalue weighted by Gasteiger charge is -2.06. The minimum absolute atomic E-state index is 0.00125. The Morgan fingerprint density at radius 2 is 2.12 bits per heavy atom. The highest BCUT2D eigenvalue weighted by molar-refractivity contribution is 6.31. The number of halogens is 1. The van der Waals surface area contributed by atoms with Crippen molar-refractivity contribution in [3.63, 3.8) is 0 Å². The second kappa shape index (κ2) is 4.45. The Morgan fingerprint density at radius 1 is 1.31 bits per heavy atom. The number of benzene rings is 1. The Bertz CT molecular complexity index is 523. The predicted molar refractivity (Wildman–Crippen MR) is 64.7 cm³/mol. The molecule has 3 heteroatoms. The van der Waals surface area contributed by atoms with Gasteiger partial charge in [0.1, 0.15) is 0 Å². The largest absolute Gasteiger partial charge is 0.294 e. The number of ketones is 1. The molecule has 0 aliphatic rings. The summed E-state index contributed by atoms with van der Waals surface area (Å²) < 4.78 is 0. The molecule has 2 rings (SSSR count). The molecule has 0 spiro atoms. The molecule has 1 aromatic carbocycles. The second-order valence-corrected chi connectivity index (χ2v) is 3.92. The molecule has 2 nitrogen and oxygen atoms in total. The van der Waals surface area contributed by atoms with Crippen molar-refractivity contribution in [2.24, 2.45) is 0 Å². The number of pyridine rings is 1. The zero-order chi connectivity index (χ0) is 11.5. The van der Waals surface area contributed by atoms with Gasteiger partial charge in [0.15, 0.2) is 5.78 Å². The van der Waals surface area contributed by atoms with Crippen LogP contribution in [-0.4, -0.2) is 10.8 Å². The summed E-state index contributed by atoms with van der Waals surface area (Å²) in [5, 5.41) is 0.567. The molecule has 0 aliphatic heterocycles. The predicted octanol–water partition coefficient (Wildman–Crippen LogP) is 3.60. The molecule has 80 valence electrons. The molecule has 0 atom stereocenters. The molecular weight excluding hydrogens is 222 g/mol. The van der Waals surface area contributed by atoms with Crippen LogP contribution in [0.25, 0.3) is 11.1 Å². The van der Waals surface area contributed by atoms with Crippen LogP contribution in [0.15, 0.2) is 42.7 Å². The normalized spacial score (nSPS) is 10.1. The maximum Gasteiger partial charge on any atom is 0.160 e. The van der Waals surface area contributed by atoms with Crippen molar-refractivity contribution in [3.05, 3.63) is 53.3 Å². The number of nitrogens with zero attached hydrogens (tertiary/aromatic N) is 1. The molecule has 0 unspecified atom stereocenters. The number of hydrogen-bond donors (Lipinski definition) is 0. The van der Waals surface area contributed by atoms with Crippen molar-refractivity contribution in [1.29, 1.82) is 0 Å². The smallest absolute Gasteiger partial charge is 0.160 e. The zero-order valence-corrected chi connectivity index (χ0v) is 9.53. The molecule has 0 saturated heterocycles. The topological polar surface area (TPSA) is 30.0 Å². The summed E-state index contributed by atoms with van der Waals surface area (Å²) in [6, 6.07) is 9.06. The SMILES string of the molecule is CC(=O)c1cc(Cl)ccc1-c1cccnc1. The Balaban J connectivity index is 2.61. The molecule has 0 radical (unpaired) electrons. The van der Waals surface area contributed by atoms with Crippen LogP contribution in [0.3, 0.4) is 0 Å². The van der Waals surface area contributed by atoms with E-state index in [1.165, 1.54) is 6.92 Å². The maximum atomic E-state index is 11.5. The number of aromatic nitrogens is 1. The number of Topliss-reactive ketones (excluding diaryl/α,β-unsaturated/α-hetero) is 1. The molecule has 2 aromatic rings. The average molecular weight is 232 g/mol.